The van der Waals surface area contributed by atoms with Crippen LogP contribution in [0, 0.1) is 0 Å². The molecule has 0 unspecified atom stereocenters. The highest BCUT2D eigenvalue weighted by atomic mass is 14.8. The third-order valence-corrected chi connectivity index (χ3v) is 1.78. The monoisotopic (exact) mass is 217 g/mol. The van der Waals surface area contributed by atoms with E-state index in [4.69, 9.17) is 0 Å². The minimum atomic E-state index is 1.19. The summed E-state index contributed by atoms with van der Waals surface area (Å²) in [5.74, 6) is 0. The maximum atomic E-state index is 3.16. The number of hydrogen-bond donors (Lipinski definition) is 1. The van der Waals surface area contributed by atoms with E-state index in [1.165, 1.54) is 51.5 Å². The third kappa shape index (κ3) is 41.2. The molecule has 0 aromatic heterocycles. The normalized spacial score (nSPS) is 8.40. The molecule has 0 bridgehead atoms. The van der Waals surface area contributed by atoms with E-state index in [2.05, 4.69) is 26.1 Å². The van der Waals surface area contributed by atoms with Gasteiger partial charge in [-0.2, -0.15) is 0 Å². The lowest BCUT2D eigenvalue weighted by Gasteiger charge is -1.98. The van der Waals surface area contributed by atoms with Crippen LogP contribution < -0.4 is 5.32 Å². The number of rotatable bonds is 7. The highest BCUT2D eigenvalue weighted by Gasteiger charge is 1.87. The fourth-order valence-corrected chi connectivity index (χ4v) is 1.08. The molecular weight excluding hydrogens is 182 g/mol. The van der Waals surface area contributed by atoms with Crippen LogP contribution in [0.2, 0.25) is 0 Å². The molecule has 0 fully saturated rings. The van der Waals surface area contributed by atoms with Crippen LogP contribution >= 0.6 is 0 Å². The number of unbranched alkanes of at least 4 members (excludes halogenated alkanes) is 5. The average Bonchev–Trinajstić information content (AvgIpc) is 2.27. The first-order valence-electron chi connectivity index (χ1n) is 6.97. The molecule has 0 rings (SSSR count). The van der Waals surface area contributed by atoms with Gasteiger partial charge in [0.2, 0.25) is 0 Å². The van der Waals surface area contributed by atoms with Gasteiger partial charge in [0, 0.05) is 0 Å². The Bertz CT molecular complexity index is 54.4. The predicted octanol–water partition coefficient (Wildman–Crippen LogP) is 5.01. The zero-order valence-electron chi connectivity index (χ0n) is 12.2. The summed E-state index contributed by atoms with van der Waals surface area (Å²) >= 11 is 0. The third-order valence-electron chi connectivity index (χ3n) is 1.78. The van der Waals surface area contributed by atoms with Gasteiger partial charge in [-0.15, -0.1) is 0 Å². The van der Waals surface area contributed by atoms with Crippen molar-refractivity contribution in [3.8, 4) is 0 Å². The van der Waals surface area contributed by atoms with Gasteiger partial charge < -0.3 is 5.32 Å². The molecule has 0 saturated heterocycles. The second-order valence-electron chi connectivity index (χ2n) is 3.58. The summed E-state index contributed by atoms with van der Waals surface area (Å²) in [6.45, 7) is 11.7. The van der Waals surface area contributed by atoms with Gasteiger partial charge in [0.05, 0.1) is 0 Å². The first-order valence-corrected chi connectivity index (χ1v) is 6.97. The van der Waals surface area contributed by atoms with Crippen LogP contribution in [0.5, 0.6) is 0 Å². The van der Waals surface area contributed by atoms with E-state index in [0.717, 1.165) is 0 Å². The summed E-state index contributed by atoms with van der Waals surface area (Å²) in [4.78, 5) is 0. The first kappa shape index (κ1) is 20.4. The lowest BCUT2D eigenvalue weighted by molar-refractivity contribution is 0.592. The van der Waals surface area contributed by atoms with Crippen molar-refractivity contribution >= 4 is 0 Å². The van der Waals surface area contributed by atoms with Crippen molar-refractivity contribution in [3.05, 3.63) is 0 Å². The zero-order chi connectivity index (χ0) is 12.4. The summed E-state index contributed by atoms with van der Waals surface area (Å²) in [6, 6.07) is 0. The molecule has 15 heavy (non-hydrogen) atoms. The topological polar surface area (TPSA) is 12.0 Å². The molecule has 0 saturated carbocycles. The second-order valence-corrected chi connectivity index (χ2v) is 3.58. The van der Waals surface area contributed by atoms with Gasteiger partial charge in [-0.1, -0.05) is 73.1 Å². The molecule has 0 aliphatic carbocycles. The quantitative estimate of drug-likeness (QED) is 0.591. The van der Waals surface area contributed by atoms with E-state index in [9.17, 15) is 0 Å². The molecule has 1 heteroatoms. The summed E-state index contributed by atoms with van der Waals surface area (Å²) in [7, 11) is 2.02. The van der Waals surface area contributed by atoms with Crippen LogP contribution in [0.4, 0.5) is 0 Å². The Balaban J connectivity index is -0.000000245. The standard InChI is InChI=1S/C9H21N.C3H8.C2H6/c1-3-4-5-6-7-8-9-10-2;1-3-2;1-2/h10H,3-9H2,1-2H3;3H2,1-2H3;1-2H3. The molecule has 0 aliphatic heterocycles. The van der Waals surface area contributed by atoms with Gasteiger partial charge in [0.25, 0.3) is 0 Å². The highest BCUT2D eigenvalue weighted by molar-refractivity contribution is 4.45. The van der Waals surface area contributed by atoms with Crippen LogP contribution in [0.25, 0.3) is 0 Å². The Morgan fingerprint density at radius 1 is 0.733 bits per heavy atom. The Kier molecular flexibility index (Phi) is 39.7. The van der Waals surface area contributed by atoms with E-state index < -0.39 is 0 Å². The van der Waals surface area contributed by atoms with Crippen LogP contribution in [0.1, 0.15) is 79.6 Å². The fourth-order valence-electron chi connectivity index (χ4n) is 1.08. The lowest BCUT2D eigenvalue weighted by Crippen LogP contribution is -2.06. The molecule has 1 N–H and O–H groups in total. The molecule has 96 valence electrons. The largest absolute Gasteiger partial charge is 0.320 e. The van der Waals surface area contributed by atoms with Gasteiger partial charge in [0.1, 0.15) is 0 Å². The smallest absolute Gasteiger partial charge is 0.00519 e. The minimum absolute atomic E-state index is 1.19. The maximum Gasteiger partial charge on any atom is -0.00519 e. The van der Waals surface area contributed by atoms with Crippen LogP contribution in [0.15, 0.2) is 0 Å². The molecule has 0 spiro atoms. The van der Waals surface area contributed by atoms with Crippen molar-refractivity contribution in [1.29, 1.82) is 0 Å². The molecule has 0 radical (unpaired) electrons. The van der Waals surface area contributed by atoms with Crippen LogP contribution in [-0.2, 0) is 0 Å². The predicted molar refractivity (Wildman–Crippen MR) is 74.6 cm³/mol. The molecule has 1 nitrogen and oxygen atoms in total. The molecular formula is C14H35N. The first-order chi connectivity index (χ1) is 7.33. The molecule has 0 atom stereocenters. The van der Waals surface area contributed by atoms with Crippen molar-refractivity contribution in [3.63, 3.8) is 0 Å². The van der Waals surface area contributed by atoms with Crippen molar-refractivity contribution in [2.45, 2.75) is 79.6 Å². The van der Waals surface area contributed by atoms with Gasteiger partial charge >= 0.3 is 0 Å². The average molecular weight is 217 g/mol. The zero-order valence-corrected chi connectivity index (χ0v) is 12.2. The number of hydrogen-bond acceptors (Lipinski definition) is 1. The maximum absolute atomic E-state index is 3.16. The summed E-state index contributed by atoms with van der Waals surface area (Å²) in [5, 5.41) is 3.16. The summed E-state index contributed by atoms with van der Waals surface area (Å²) in [5.41, 5.74) is 0. The Morgan fingerprint density at radius 3 is 1.53 bits per heavy atom. The van der Waals surface area contributed by atoms with Gasteiger partial charge in [-0.05, 0) is 20.0 Å². The lowest BCUT2D eigenvalue weighted by atomic mass is 10.1. The van der Waals surface area contributed by atoms with Crippen LogP contribution in [0.3, 0.4) is 0 Å². The van der Waals surface area contributed by atoms with E-state index >= 15 is 0 Å². The Labute approximate surface area is 99.0 Å². The fraction of sp³-hybridized carbons (Fsp3) is 1.00. The molecule has 0 heterocycles. The van der Waals surface area contributed by atoms with Crippen molar-refractivity contribution in [2.24, 2.45) is 0 Å². The van der Waals surface area contributed by atoms with E-state index in [1.54, 1.807) is 0 Å². The minimum Gasteiger partial charge on any atom is -0.320 e. The molecule has 0 amide bonds. The van der Waals surface area contributed by atoms with Gasteiger partial charge in [0.15, 0.2) is 0 Å². The Morgan fingerprint density at radius 2 is 1.13 bits per heavy atom. The second kappa shape index (κ2) is 29.2. The molecule has 0 aromatic carbocycles. The van der Waals surface area contributed by atoms with Crippen molar-refractivity contribution in [2.75, 3.05) is 13.6 Å². The van der Waals surface area contributed by atoms with Crippen molar-refractivity contribution in [1.82, 2.24) is 5.32 Å². The SMILES string of the molecule is CC.CCC.CCCCCCCCNC. The van der Waals surface area contributed by atoms with Gasteiger partial charge in [-0.3, -0.25) is 0 Å². The molecule has 0 aliphatic rings. The van der Waals surface area contributed by atoms with Gasteiger partial charge in [-0.25, -0.2) is 0 Å². The summed E-state index contributed by atoms with van der Waals surface area (Å²) in [6.07, 6.45) is 9.63. The van der Waals surface area contributed by atoms with E-state index in [1.807, 2.05) is 20.9 Å². The number of nitrogens with one attached hydrogen (secondary N) is 1. The summed E-state index contributed by atoms with van der Waals surface area (Å²) < 4.78 is 0. The van der Waals surface area contributed by atoms with E-state index in [-0.39, 0.29) is 0 Å². The van der Waals surface area contributed by atoms with Crippen LogP contribution in [-0.4, -0.2) is 13.6 Å². The Hall–Kier alpha value is -0.0400. The molecule has 0 aromatic rings. The highest BCUT2D eigenvalue weighted by Crippen LogP contribution is 2.03. The van der Waals surface area contributed by atoms with Crippen molar-refractivity contribution < 1.29 is 0 Å². The van der Waals surface area contributed by atoms with E-state index in [0.29, 0.717) is 0 Å².